The van der Waals surface area contributed by atoms with Gasteiger partial charge in [-0.3, -0.25) is 14.9 Å². The minimum atomic E-state index is -0.106. The Balaban J connectivity index is 1.80. The number of nitrogens with zero attached hydrogens (tertiary/aromatic N) is 4. The van der Waals surface area contributed by atoms with Gasteiger partial charge in [-0.1, -0.05) is 12.1 Å². The molecule has 2 aliphatic rings. The van der Waals surface area contributed by atoms with E-state index in [2.05, 4.69) is 38.3 Å². The van der Waals surface area contributed by atoms with Crippen molar-refractivity contribution in [3.8, 4) is 0 Å². The molecule has 4 rings (SSSR count). The highest BCUT2D eigenvalue weighted by Crippen LogP contribution is 2.35. The molecule has 3 N–H and O–H groups in total. The smallest absolute Gasteiger partial charge is 0.194 e. The predicted molar refractivity (Wildman–Crippen MR) is 98.5 cm³/mol. The summed E-state index contributed by atoms with van der Waals surface area (Å²) in [4.78, 5) is 15.4. The van der Waals surface area contributed by atoms with Crippen LogP contribution in [0, 0.1) is 0 Å². The van der Waals surface area contributed by atoms with Gasteiger partial charge in [-0.2, -0.15) is 0 Å². The highest BCUT2D eigenvalue weighted by Gasteiger charge is 2.31. The van der Waals surface area contributed by atoms with Crippen LogP contribution in [-0.4, -0.2) is 41.0 Å². The van der Waals surface area contributed by atoms with Crippen LogP contribution < -0.4 is 11.1 Å². The van der Waals surface area contributed by atoms with Crippen LogP contribution >= 0.6 is 0 Å². The second kappa shape index (κ2) is 6.49. The zero-order valence-electron chi connectivity index (χ0n) is 14.1. The summed E-state index contributed by atoms with van der Waals surface area (Å²) in [6.07, 6.45) is 9.43. The SMILES string of the molecule is CN1CC2=C(NC(N)=NC2c2cccnc2)/C(=C/c2cccnc2)C1. The van der Waals surface area contributed by atoms with Crippen molar-refractivity contribution in [2.75, 3.05) is 20.1 Å². The Hall–Kier alpha value is -2.99. The van der Waals surface area contributed by atoms with Crippen molar-refractivity contribution in [3.05, 3.63) is 77.0 Å². The molecule has 4 heterocycles. The average molecular weight is 332 g/mol. The Morgan fingerprint density at radius 1 is 1.16 bits per heavy atom. The zero-order valence-corrected chi connectivity index (χ0v) is 14.1. The Labute approximate surface area is 146 Å². The van der Waals surface area contributed by atoms with Gasteiger partial charge < -0.3 is 11.1 Å². The van der Waals surface area contributed by atoms with E-state index in [0.717, 1.165) is 29.9 Å². The Kier molecular flexibility index (Phi) is 4.03. The van der Waals surface area contributed by atoms with E-state index in [1.807, 2.05) is 36.7 Å². The number of nitrogens with two attached hydrogens (primary N) is 1. The molecule has 25 heavy (non-hydrogen) atoms. The van der Waals surface area contributed by atoms with Crippen LogP contribution in [0.3, 0.4) is 0 Å². The Morgan fingerprint density at radius 3 is 2.68 bits per heavy atom. The van der Waals surface area contributed by atoms with Crippen LogP contribution in [0.1, 0.15) is 17.2 Å². The van der Waals surface area contributed by atoms with Crippen LogP contribution in [0.2, 0.25) is 0 Å². The van der Waals surface area contributed by atoms with Crippen LogP contribution in [0.15, 0.2) is 70.9 Å². The predicted octanol–water partition coefficient (Wildman–Crippen LogP) is 1.72. The zero-order chi connectivity index (χ0) is 17.2. The number of guanidine groups is 1. The number of pyridine rings is 2. The van der Waals surface area contributed by atoms with E-state index < -0.39 is 0 Å². The molecule has 2 aromatic rings. The maximum absolute atomic E-state index is 6.09. The van der Waals surface area contributed by atoms with Crippen molar-refractivity contribution in [3.63, 3.8) is 0 Å². The van der Waals surface area contributed by atoms with Crippen LogP contribution in [0.5, 0.6) is 0 Å². The van der Waals surface area contributed by atoms with Crippen molar-refractivity contribution in [2.24, 2.45) is 10.7 Å². The number of nitrogens with one attached hydrogen (secondary N) is 1. The quantitative estimate of drug-likeness (QED) is 0.875. The highest BCUT2D eigenvalue weighted by molar-refractivity contribution is 5.84. The van der Waals surface area contributed by atoms with Gasteiger partial charge in [0, 0.05) is 43.6 Å². The molecule has 6 heteroatoms. The molecule has 1 unspecified atom stereocenters. The Morgan fingerprint density at radius 2 is 1.96 bits per heavy atom. The maximum Gasteiger partial charge on any atom is 0.194 e. The number of aliphatic imine (C=N–C) groups is 1. The van der Waals surface area contributed by atoms with Crippen molar-refractivity contribution < 1.29 is 0 Å². The average Bonchev–Trinajstić information content (AvgIpc) is 2.63. The molecule has 126 valence electrons. The van der Waals surface area contributed by atoms with Crippen LogP contribution in [0.25, 0.3) is 6.08 Å². The van der Waals surface area contributed by atoms with Gasteiger partial charge in [-0.05, 0) is 47.5 Å². The fourth-order valence-corrected chi connectivity index (χ4v) is 3.36. The maximum atomic E-state index is 6.09. The summed E-state index contributed by atoms with van der Waals surface area (Å²) in [6, 6.07) is 7.86. The fourth-order valence-electron chi connectivity index (χ4n) is 3.36. The molecular formula is C19H20N6. The van der Waals surface area contributed by atoms with Crippen molar-refractivity contribution in [2.45, 2.75) is 6.04 Å². The lowest BCUT2D eigenvalue weighted by molar-refractivity contribution is 0.368. The van der Waals surface area contributed by atoms with E-state index in [-0.39, 0.29) is 6.04 Å². The lowest BCUT2D eigenvalue weighted by atomic mass is 9.90. The van der Waals surface area contributed by atoms with Crippen molar-refractivity contribution >= 4 is 12.0 Å². The van der Waals surface area contributed by atoms with Crippen molar-refractivity contribution in [1.29, 1.82) is 0 Å². The number of hydrogen-bond acceptors (Lipinski definition) is 6. The first-order chi connectivity index (χ1) is 12.2. The second-order valence-electron chi connectivity index (χ2n) is 6.36. The van der Waals surface area contributed by atoms with E-state index >= 15 is 0 Å². The minimum absolute atomic E-state index is 0.106. The molecule has 0 radical (unpaired) electrons. The molecule has 0 spiro atoms. The lowest BCUT2D eigenvalue weighted by Crippen LogP contribution is -2.43. The van der Waals surface area contributed by atoms with Gasteiger partial charge in [0.2, 0.25) is 0 Å². The van der Waals surface area contributed by atoms with Gasteiger partial charge in [0.25, 0.3) is 0 Å². The first-order valence-corrected chi connectivity index (χ1v) is 8.23. The van der Waals surface area contributed by atoms with Gasteiger partial charge >= 0.3 is 0 Å². The summed E-state index contributed by atoms with van der Waals surface area (Å²) in [6.45, 7) is 1.68. The number of hydrogen-bond donors (Lipinski definition) is 2. The topological polar surface area (TPSA) is 79.4 Å². The Bertz CT molecular complexity index is 854. The van der Waals surface area contributed by atoms with E-state index in [0.29, 0.717) is 5.96 Å². The second-order valence-corrected chi connectivity index (χ2v) is 6.36. The van der Waals surface area contributed by atoms with Gasteiger partial charge in [-0.25, -0.2) is 4.99 Å². The monoisotopic (exact) mass is 332 g/mol. The van der Waals surface area contributed by atoms with Crippen LogP contribution in [-0.2, 0) is 0 Å². The largest absolute Gasteiger partial charge is 0.370 e. The molecule has 0 fully saturated rings. The van der Waals surface area contributed by atoms with Crippen LogP contribution in [0.4, 0.5) is 0 Å². The standard InChI is InChI=1S/C19H20N6/c1-25-11-15(8-13-4-2-6-21-9-13)18-16(12-25)17(23-19(20)24-18)14-5-3-7-22-10-14/h2-10,17H,11-12H2,1H3,(H3,20,23,24)/b15-8+. The van der Waals surface area contributed by atoms with Gasteiger partial charge in [0.15, 0.2) is 5.96 Å². The summed E-state index contributed by atoms with van der Waals surface area (Å²) >= 11 is 0. The summed E-state index contributed by atoms with van der Waals surface area (Å²) in [5.41, 5.74) is 11.7. The molecule has 1 atom stereocenters. The fraction of sp³-hybridized carbons (Fsp3) is 0.211. The molecule has 0 saturated heterocycles. The molecule has 0 bridgehead atoms. The number of rotatable bonds is 2. The van der Waals surface area contributed by atoms with Gasteiger partial charge in [-0.15, -0.1) is 0 Å². The third-order valence-corrected chi connectivity index (χ3v) is 4.40. The molecule has 0 saturated carbocycles. The third-order valence-electron chi connectivity index (χ3n) is 4.40. The number of likely N-dealkylation sites (N-methyl/N-ethyl adjacent to an activating group) is 1. The molecule has 0 amide bonds. The first kappa shape index (κ1) is 15.5. The molecular weight excluding hydrogens is 312 g/mol. The lowest BCUT2D eigenvalue weighted by Gasteiger charge is -2.36. The molecule has 0 aromatic carbocycles. The third kappa shape index (κ3) is 3.16. The molecule has 2 aliphatic heterocycles. The minimum Gasteiger partial charge on any atom is -0.370 e. The van der Waals surface area contributed by atoms with Gasteiger partial charge in [0.1, 0.15) is 6.04 Å². The van der Waals surface area contributed by atoms with Gasteiger partial charge in [0.05, 0.1) is 0 Å². The molecule has 2 aromatic heterocycles. The molecule has 6 nitrogen and oxygen atoms in total. The summed E-state index contributed by atoms with van der Waals surface area (Å²) in [7, 11) is 2.11. The molecule has 0 aliphatic carbocycles. The normalized spacial score (nSPS) is 22.4. The van der Waals surface area contributed by atoms with E-state index in [9.17, 15) is 0 Å². The van der Waals surface area contributed by atoms with E-state index in [1.165, 1.54) is 11.1 Å². The summed E-state index contributed by atoms with van der Waals surface area (Å²) < 4.78 is 0. The summed E-state index contributed by atoms with van der Waals surface area (Å²) in [5, 5.41) is 3.28. The number of aromatic nitrogens is 2. The van der Waals surface area contributed by atoms with E-state index in [1.54, 1.807) is 12.4 Å². The first-order valence-electron chi connectivity index (χ1n) is 8.23. The summed E-state index contributed by atoms with van der Waals surface area (Å²) in [5.74, 6) is 0.439. The highest BCUT2D eigenvalue weighted by atomic mass is 15.2. The van der Waals surface area contributed by atoms with E-state index in [4.69, 9.17) is 5.73 Å². The van der Waals surface area contributed by atoms with Crippen molar-refractivity contribution in [1.82, 2.24) is 20.2 Å².